The van der Waals surface area contributed by atoms with Crippen LogP contribution in [0.4, 0.5) is 0 Å². The van der Waals surface area contributed by atoms with Crippen LogP contribution in [-0.4, -0.2) is 28.8 Å². The Morgan fingerprint density at radius 1 is 1.19 bits per heavy atom. The fourth-order valence-corrected chi connectivity index (χ4v) is 2.30. The summed E-state index contributed by atoms with van der Waals surface area (Å²) in [5.41, 5.74) is 2.20. The number of pyridine rings is 1. The van der Waals surface area contributed by atoms with E-state index in [0.717, 1.165) is 29.6 Å². The van der Waals surface area contributed by atoms with Crippen molar-refractivity contribution in [2.45, 2.75) is 6.54 Å². The summed E-state index contributed by atoms with van der Waals surface area (Å²) in [6, 6.07) is 12.5. The molecule has 0 amide bonds. The van der Waals surface area contributed by atoms with Crippen LogP contribution in [0.5, 0.6) is 0 Å². The highest BCUT2D eigenvalue weighted by Gasteiger charge is 2.01. The zero-order valence-electron chi connectivity index (χ0n) is 9.36. The summed E-state index contributed by atoms with van der Waals surface area (Å²) in [5.74, 6) is 0. The maximum absolute atomic E-state index is 4.64. The van der Waals surface area contributed by atoms with Gasteiger partial charge in [0.15, 0.2) is 0 Å². The number of aromatic nitrogens is 1. The van der Waals surface area contributed by atoms with E-state index >= 15 is 0 Å². The topological polar surface area (TPSA) is 16.1 Å². The number of para-hydroxylation sites is 1. The Balaban J connectivity index is 2.19. The minimum atomic E-state index is 0.899. The van der Waals surface area contributed by atoms with Crippen LogP contribution in [0, 0.1) is 0 Å². The second-order valence-electron chi connectivity index (χ2n) is 3.92. The third kappa shape index (κ3) is 2.80. The van der Waals surface area contributed by atoms with Crippen molar-refractivity contribution in [3.05, 3.63) is 42.1 Å². The van der Waals surface area contributed by atoms with Crippen LogP contribution in [0.15, 0.2) is 36.4 Å². The van der Waals surface area contributed by atoms with E-state index in [4.69, 9.17) is 0 Å². The maximum atomic E-state index is 4.64. The van der Waals surface area contributed by atoms with Crippen LogP contribution in [0.1, 0.15) is 5.69 Å². The molecular formula is C13H15BrN2. The van der Waals surface area contributed by atoms with E-state index in [9.17, 15) is 0 Å². The largest absolute Gasteiger partial charge is 0.300 e. The molecule has 2 aromatic rings. The third-order valence-electron chi connectivity index (χ3n) is 2.55. The lowest BCUT2D eigenvalue weighted by Crippen LogP contribution is -2.20. The van der Waals surface area contributed by atoms with Gasteiger partial charge in [-0.05, 0) is 19.2 Å². The van der Waals surface area contributed by atoms with Crippen molar-refractivity contribution >= 4 is 26.8 Å². The number of alkyl halides is 1. The van der Waals surface area contributed by atoms with E-state index in [2.05, 4.69) is 57.1 Å². The number of hydrogen-bond donors (Lipinski definition) is 0. The number of benzene rings is 1. The molecule has 0 fully saturated rings. The summed E-state index contributed by atoms with van der Waals surface area (Å²) in [6.45, 7) is 1.94. The van der Waals surface area contributed by atoms with E-state index < -0.39 is 0 Å². The summed E-state index contributed by atoms with van der Waals surface area (Å²) in [7, 11) is 2.11. The van der Waals surface area contributed by atoms with E-state index in [1.54, 1.807) is 0 Å². The summed E-state index contributed by atoms with van der Waals surface area (Å²) in [5, 5.41) is 2.20. The van der Waals surface area contributed by atoms with Gasteiger partial charge in [0, 0.05) is 23.8 Å². The lowest BCUT2D eigenvalue weighted by molar-refractivity contribution is 0.345. The van der Waals surface area contributed by atoms with Crippen molar-refractivity contribution in [3.8, 4) is 0 Å². The van der Waals surface area contributed by atoms with E-state index in [1.807, 2.05) is 12.1 Å². The first-order valence-electron chi connectivity index (χ1n) is 5.39. The molecule has 0 radical (unpaired) electrons. The SMILES string of the molecule is CN(CCBr)Cc1ccc2ccccc2n1. The second kappa shape index (κ2) is 5.41. The molecule has 2 nitrogen and oxygen atoms in total. The van der Waals surface area contributed by atoms with Gasteiger partial charge in [-0.15, -0.1) is 0 Å². The van der Waals surface area contributed by atoms with Gasteiger partial charge in [0.2, 0.25) is 0 Å². The second-order valence-corrected chi connectivity index (χ2v) is 4.72. The Labute approximate surface area is 104 Å². The molecule has 1 aromatic heterocycles. The average molecular weight is 279 g/mol. The van der Waals surface area contributed by atoms with E-state index in [0.29, 0.717) is 0 Å². The molecule has 0 aliphatic carbocycles. The van der Waals surface area contributed by atoms with Crippen molar-refractivity contribution < 1.29 is 0 Å². The summed E-state index contributed by atoms with van der Waals surface area (Å²) >= 11 is 3.44. The van der Waals surface area contributed by atoms with Crippen molar-refractivity contribution in [2.75, 3.05) is 18.9 Å². The highest BCUT2D eigenvalue weighted by molar-refractivity contribution is 9.09. The fraction of sp³-hybridized carbons (Fsp3) is 0.308. The quantitative estimate of drug-likeness (QED) is 0.800. The highest BCUT2D eigenvalue weighted by atomic mass is 79.9. The van der Waals surface area contributed by atoms with Crippen molar-refractivity contribution in [1.29, 1.82) is 0 Å². The molecule has 0 saturated heterocycles. The number of hydrogen-bond acceptors (Lipinski definition) is 2. The Hall–Kier alpha value is -0.930. The predicted molar refractivity (Wildman–Crippen MR) is 71.9 cm³/mol. The molecule has 2 rings (SSSR count). The molecule has 1 heterocycles. The third-order valence-corrected chi connectivity index (χ3v) is 2.91. The van der Waals surface area contributed by atoms with E-state index in [-0.39, 0.29) is 0 Å². The molecule has 0 saturated carbocycles. The van der Waals surface area contributed by atoms with Crippen LogP contribution < -0.4 is 0 Å². The first-order chi connectivity index (χ1) is 7.79. The molecule has 84 valence electrons. The molecule has 0 aliphatic heterocycles. The number of fused-ring (bicyclic) bond motifs is 1. The van der Waals surface area contributed by atoms with Gasteiger partial charge in [0.25, 0.3) is 0 Å². The lowest BCUT2D eigenvalue weighted by Gasteiger charge is -2.14. The van der Waals surface area contributed by atoms with Gasteiger partial charge < -0.3 is 0 Å². The molecule has 3 heteroatoms. The maximum Gasteiger partial charge on any atom is 0.0705 e. The number of nitrogens with zero attached hydrogens (tertiary/aromatic N) is 2. The number of rotatable bonds is 4. The van der Waals surface area contributed by atoms with Crippen LogP contribution in [0.3, 0.4) is 0 Å². The smallest absolute Gasteiger partial charge is 0.0705 e. The number of halogens is 1. The average Bonchev–Trinajstić information content (AvgIpc) is 2.29. The van der Waals surface area contributed by atoms with Gasteiger partial charge in [0.05, 0.1) is 11.2 Å². The lowest BCUT2D eigenvalue weighted by atomic mass is 10.2. The summed E-state index contributed by atoms with van der Waals surface area (Å²) < 4.78 is 0. The van der Waals surface area contributed by atoms with Crippen LogP contribution >= 0.6 is 15.9 Å². The van der Waals surface area contributed by atoms with Gasteiger partial charge in [-0.2, -0.15) is 0 Å². The van der Waals surface area contributed by atoms with Crippen molar-refractivity contribution in [3.63, 3.8) is 0 Å². The molecule has 0 aliphatic rings. The Morgan fingerprint density at radius 2 is 2.00 bits per heavy atom. The molecular weight excluding hydrogens is 264 g/mol. The molecule has 0 spiro atoms. The fourth-order valence-electron chi connectivity index (χ4n) is 1.70. The molecule has 0 N–H and O–H groups in total. The zero-order chi connectivity index (χ0) is 11.4. The Bertz CT molecular complexity index is 470. The summed E-state index contributed by atoms with van der Waals surface area (Å²) in [6.07, 6.45) is 0. The highest BCUT2D eigenvalue weighted by Crippen LogP contribution is 2.12. The Kier molecular flexibility index (Phi) is 3.91. The predicted octanol–water partition coefficient (Wildman–Crippen LogP) is 3.06. The van der Waals surface area contributed by atoms with Crippen LogP contribution in [0.2, 0.25) is 0 Å². The van der Waals surface area contributed by atoms with Gasteiger partial charge in [-0.3, -0.25) is 9.88 Å². The van der Waals surface area contributed by atoms with Gasteiger partial charge in [-0.1, -0.05) is 40.2 Å². The molecule has 0 bridgehead atoms. The Morgan fingerprint density at radius 3 is 2.81 bits per heavy atom. The molecule has 0 atom stereocenters. The minimum absolute atomic E-state index is 0.899. The van der Waals surface area contributed by atoms with Crippen molar-refractivity contribution in [1.82, 2.24) is 9.88 Å². The standard InChI is InChI=1S/C13H15BrN2/c1-16(9-8-14)10-12-7-6-11-4-2-3-5-13(11)15-12/h2-7H,8-10H2,1H3. The first kappa shape index (κ1) is 11.6. The van der Waals surface area contributed by atoms with Gasteiger partial charge in [0.1, 0.15) is 0 Å². The molecule has 1 aromatic carbocycles. The normalized spacial score (nSPS) is 11.2. The van der Waals surface area contributed by atoms with Crippen LogP contribution in [-0.2, 0) is 6.54 Å². The van der Waals surface area contributed by atoms with E-state index in [1.165, 1.54) is 5.39 Å². The molecule has 0 unspecified atom stereocenters. The summed E-state index contributed by atoms with van der Waals surface area (Å²) in [4.78, 5) is 6.90. The first-order valence-corrected chi connectivity index (χ1v) is 6.51. The zero-order valence-corrected chi connectivity index (χ0v) is 10.9. The van der Waals surface area contributed by atoms with Gasteiger partial charge >= 0.3 is 0 Å². The van der Waals surface area contributed by atoms with Gasteiger partial charge in [-0.25, -0.2) is 0 Å². The molecule has 16 heavy (non-hydrogen) atoms. The van der Waals surface area contributed by atoms with Crippen molar-refractivity contribution in [2.24, 2.45) is 0 Å². The van der Waals surface area contributed by atoms with Crippen LogP contribution in [0.25, 0.3) is 10.9 Å². The monoisotopic (exact) mass is 278 g/mol. The minimum Gasteiger partial charge on any atom is -0.300 e.